The van der Waals surface area contributed by atoms with Gasteiger partial charge >= 0.3 is 0 Å². The summed E-state index contributed by atoms with van der Waals surface area (Å²) in [7, 11) is 0. The zero-order chi connectivity index (χ0) is 17.4. The number of nitrogens with one attached hydrogen (secondary N) is 1. The van der Waals surface area contributed by atoms with Crippen LogP contribution in [0.5, 0.6) is 0 Å². The Balaban J connectivity index is 1.71. The van der Waals surface area contributed by atoms with Crippen molar-refractivity contribution in [1.29, 1.82) is 0 Å². The van der Waals surface area contributed by atoms with E-state index >= 15 is 0 Å². The number of nitrogens with zero attached hydrogens (tertiary/aromatic N) is 3. The van der Waals surface area contributed by atoms with E-state index in [4.69, 9.17) is 4.74 Å². The zero-order valence-electron chi connectivity index (χ0n) is 13.7. The maximum absolute atomic E-state index is 13.3. The minimum Gasteiger partial charge on any atom is -0.376 e. The van der Waals surface area contributed by atoms with E-state index in [-0.39, 0.29) is 11.8 Å². The number of anilines is 2. The lowest BCUT2D eigenvalue weighted by atomic mass is 10.2. The van der Waals surface area contributed by atoms with Crippen molar-refractivity contribution < 1.29 is 13.5 Å². The number of fused-ring (bicyclic) bond motifs is 1. The van der Waals surface area contributed by atoms with E-state index in [1.54, 1.807) is 19.2 Å². The Morgan fingerprint density at radius 1 is 1.28 bits per heavy atom. The molecule has 130 valence electrons. The average molecular weight is 344 g/mol. The second-order valence-corrected chi connectivity index (χ2v) is 6.16. The Morgan fingerprint density at radius 3 is 2.80 bits per heavy atom. The molecule has 5 nitrogen and oxygen atoms in total. The lowest BCUT2D eigenvalue weighted by Crippen LogP contribution is -2.30. The van der Waals surface area contributed by atoms with E-state index in [1.807, 2.05) is 18.3 Å². The largest absolute Gasteiger partial charge is 0.376 e. The Labute approximate surface area is 143 Å². The summed E-state index contributed by atoms with van der Waals surface area (Å²) in [5, 5.41) is 3.94. The van der Waals surface area contributed by atoms with Crippen molar-refractivity contribution in [1.82, 2.24) is 14.5 Å². The van der Waals surface area contributed by atoms with Crippen LogP contribution >= 0.6 is 0 Å². The maximum Gasteiger partial charge on any atom is 0.282 e. The molecule has 4 heterocycles. The SMILES string of the molecule is Cc1ccnc(C(F)F)c1Nc1nccc2c1ccn2CC1CCO1. The third-order valence-electron chi connectivity index (χ3n) is 4.53. The molecule has 1 aliphatic rings. The summed E-state index contributed by atoms with van der Waals surface area (Å²) in [5.74, 6) is 0.545. The molecular formula is C18H18F2N4O. The summed E-state index contributed by atoms with van der Waals surface area (Å²) in [5.41, 5.74) is 1.74. The molecule has 0 radical (unpaired) electrons. The summed E-state index contributed by atoms with van der Waals surface area (Å²) in [4.78, 5) is 8.16. The number of aryl methyl sites for hydroxylation is 1. The highest BCUT2D eigenvalue weighted by Gasteiger charge is 2.21. The van der Waals surface area contributed by atoms with Crippen molar-refractivity contribution in [2.45, 2.75) is 32.4 Å². The third kappa shape index (κ3) is 2.95. The highest BCUT2D eigenvalue weighted by Crippen LogP contribution is 2.32. The van der Waals surface area contributed by atoms with Crippen LogP contribution in [-0.2, 0) is 11.3 Å². The van der Waals surface area contributed by atoms with Gasteiger partial charge in [-0.15, -0.1) is 0 Å². The molecule has 7 heteroatoms. The highest BCUT2D eigenvalue weighted by molar-refractivity contribution is 5.92. The van der Waals surface area contributed by atoms with Gasteiger partial charge in [-0.05, 0) is 37.1 Å². The van der Waals surface area contributed by atoms with Crippen LogP contribution in [0.3, 0.4) is 0 Å². The smallest absolute Gasteiger partial charge is 0.282 e. The lowest BCUT2D eigenvalue weighted by Gasteiger charge is -2.27. The summed E-state index contributed by atoms with van der Waals surface area (Å²) < 4.78 is 34.2. The molecule has 25 heavy (non-hydrogen) atoms. The Bertz CT molecular complexity index is 905. The Kier molecular flexibility index (Phi) is 4.09. The number of hydrogen-bond donors (Lipinski definition) is 1. The van der Waals surface area contributed by atoms with Crippen LogP contribution < -0.4 is 5.32 Å². The van der Waals surface area contributed by atoms with E-state index in [0.717, 1.165) is 30.5 Å². The van der Waals surface area contributed by atoms with Gasteiger partial charge < -0.3 is 14.6 Å². The standard InChI is InChI=1S/C18H18F2N4O/c1-11-2-6-21-16(17(19)20)15(11)23-18-13-4-8-24(10-12-5-9-25-12)14(13)3-7-22-18/h2-4,6-8,12,17H,5,9-10H2,1H3,(H,22,23). The molecule has 0 spiro atoms. The fraction of sp³-hybridized carbons (Fsp3) is 0.333. The van der Waals surface area contributed by atoms with Crippen LogP contribution in [0, 0.1) is 6.92 Å². The highest BCUT2D eigenvalue weighted by atomic mass is 19.3. The Hall–Kier alpha value is -2.54. The first-order chi connectivity index (χ1) is 12.1. The molecule has 3 aromatic heterocycles. The molecule has 1 fully saturated rings. The predicted molar refractivity (Wildman–Crippen MR) is 91.3 cm³/mol. The molecule has 0 bridgehead atoms. The molecule has 1 atom stereocenters. The van der Waals surface area contributed by atoms with Crippen molar-refractivity contribution in [3.63, 3.8) is 0 Å². The first-order valence-corrected chi connectivity index (χ1v) is 8.19. The van der Waals surface area contributed by atoms with Crippen LogP contribution in [0.15, 0.2) is 36.8 Å². The fourth-order valence-corrected chi connectivity index (χ4v) is 3.06. The number of rotatable bonds is 5. The van der Waals surface area contributed by atoms with Crippen molar-refractivity contribution in [3.8, 4) is 0 Å². The first kappa shape index (κ1) is 16.0. The van der Waals surface area contributed by atoms with Crippen LogP contribution in [0.4, 0.5) is 20.3 Å². The predicted octanol–water partition coefficient (Wildman–Crippen LogP) is 4.21. The quantitative estimate of drug-likeness (QED) is 0.753. The van der Waals surface area contributed by atoms with E-state index in [1.165, 1.54) is 6.20 Å². The number of ether oxygens (including phenoxy) is 1. The van der Waals surface area contributed by atoms with Crippen LogP contribution in [0.25, 0.3) is 10.9 Å². The second-order valence-electron chi connectivity index (χ2n) is 6.16. The number of pyridine rings is 2. The summed E-state index contributed by atoms with van der Waals surface area (Å²) in [6, 6.07) is 5.56. The number of halogens is 2. The molecule has 1 saturated heterocycles. The van der Waals surface area contributed by atoms with Gasteiger partial charge in [0.05, 0.1) is 17.3 Å². The summed E-state index contributed by atoms with van der Waals surface area (Å²) in [6.07, 6.45) is 3.70. The van der Waals surface area contributed by atoms with Gasteiger partial charge in [0.1, 0.15) is 11.5 Å². The van der Waals surface area contributed by atoms with Crippen molar-refractivity contribution in [2.24, 2.45) is 0 Å². The number of aromatic nitrogens is 3. The molecule has 1 unspecified atom stereocenters. The molecule has 1 N–H and O–H groups in total. The van der Waals surface area contributed by atoms with E-state index in [2.05, 4.69) is 19.9 Å². The van der Waals surface area contributed by atoms with Crippen molar-refractivity contribution in [3.05, 3.63) is 48.0 Å². The maximum atomic E-state index is 13.3. The summed E-state index contributed by atoms with van der Waals surface area (Å²) in [6.45, 7) is 3.37. The Morgan fingerprint density at radius 2 is 2.08 bits per heavy atom. The zero-order valence-corrected chi connectivity index (χ0v) is 13.7. The third-order valence-corrected chi connectivity index (χ3v) is 4.53. The fourth-order valence-electron chi connectivity index (χ4n) is 3.06. The van der Waals surface area contributed by atoms with Gasteiger partial charge in [0, 0.05) is 37.1 Å². The number of alkyl halides is 2. The van der Waals surface area contributed by atoms with Crippen molar-refractivity contribution in [2.75, 3.05) is 11.9 Å². The molecule has 0 saturated carbocycles. The first-order valence-electron chi connectivity index (χ1n) is 8.19. The van der Waals surface area contributed by atoms with Gasteiger partial charge in [0.25, 0.3) is 6.43 Å². The normalized spacial score (nSPS) is 17.0. The monoisotopic (exact) mass is 344 g/mol. The topological polar surface area (TPSA) is 52.0 Å². The molecule has 1 aliphatic heterocycles. The van der Waals surface area contributed by atoms with Crippen LogP contribution in [-0.4, -0.2) is 27.2 Å². The van der Waals surface area contributed by atoms with Gasteiger partial charge in [0.15, 0.2) is 0 Å². The van der Waals surface area contributed by atoms with Crippen LogP contribution in [0.1, 0.15) is 24.1 Å². The average Bonchev–Trinajstić information content (AvgIpc) is 2.96. The minimum absolute atomic E-state index is 0.242. The van der Waals surface area contributed by atoms with E-state index in [0.29, 0.717) is 17.1 Å². The second kappa shape index (κ2) is 6.40. The van der Waals surface area contributed by atoms with Gasteiger partial charge in [-0.25, -0.2) is 13.8 Å². The molecule has 4 rings (SSSR count). The minimum atomic E-state index is -2.65. The molecule has 0 aliphatic carbocycles. The van der Waals surface area contributed by atoms with Gasteiger partial charge in [-0.2, -0.15) is 0 Å². The molecular weight excluding hydrogens is 326 g/mol. The lowest BCUT2D eigenvalue weighted by molar-refractivity contribution is -0.0586. The molecule has 3 aromatic rings. The van der Waals surface area contributed by atoms with Crippen molar-refractivity contribution >= 4 is 22.4 Å². The van der Waals surface area contributed by atoms with Gasteiger partial charge in [-0.3, -0.25) is 4.98 Å². The van der Waals surface area contributed by atoms with Gasteiger partial charge in [0.2, 0.25) is 0 Å². The molecule has 0 amide bonds. The number of hydrogen-bond acceptors (Lipinski definition) is 4. The molecule has 0 aromatic carbocycles. The van der Waals surface area contributed by atoms with E-state index < -0.39 is 6.43 Å². The van der Waals surface area contributed by atoms with Crippen LogP contribution in [0.2, 0.25) is 0 Å². The van der Waals surface area contributed by atoms with E-state index in [9.17, 15) is 8.78 Å². The summed E-state index contributed by atoms with van der Waals surface area (Å²) >= 11 is 0. The van der Waals surface area contributed by atoms with Gasteiger partial charge in [-0.1, -0.05) is 0 Å².